The number of hydrogen-bond acceptors (Lipinski definition) is 3. The first kappa shape index (κ1) is 14.9. The lowest BCUT2D eigenvalue weighted by Crippen LogP contribution is -1.99. The highest BCUT2D eigenvalue weighted by Crippen LogP contribution is 2.30. The molecule has 0 aliphatic rings. The molecule has 2 aromatic carbocycles. The molecule has 0 bridgehead atoms. The fourth-order valence-electron chi connectivity index (χ4n) is 1.53. The van der Waals surface area contributed by atoms with Crippen molar-refractivity contribution in [2.24, 2.45) is 0 Å². The Kier molecular flexibility index (Phi) is 4.72. The van der Waals surface area contributed by atoms with Gasteiger partial charge in [-0.25, -0.2) is 4.39 Å². The van der Waals surface area contributed by atoms with Gasteiger partial charge in [0.1, 0.15) is 18.2 Å². The van der Waals surface area contributed by atoms with Crippen LogP contribution in [0.3, 0.4) is 0 Å². The van der Waals surface area contributed by atoms with Crippen molar-refractivity contribution in [1.29, 1.82) is 0 Å². The minimum absolute atomic E-state index is 0.0680. The highest BCUT2D eigenvalue weighted by molar-refractivity contribution is 9.10. The largest absolute Gasteiger partial charge is 0.487 e. The molecule has 0 aliphatic carbocycles. The summed E-state index contributed by atoms with van der Waals surface area (Å²) in [7, 11) is 0. The highest BCUT2D eigenvalue weighted by Gasteiger charge is 2.12. The molecule has 0 unspecified atom stereocenters. The molecule has 0 aliphatic heterocycles. The zero-order valence-corrected chi connectivity index (χ0v) is 13.1. The number of nitrogens with zero attached hydrogens (tertiary/aromatic N) is 1. The Labute approximate surface area is 131 Å². The third kappa shape index (κ3) is 3.34. The Hall–Kier alpha value is -1.47. The predicted molar refractivity (Wildman–Crippen MR) is 79.2 cm³/mol. The first-order valence-electron chi connectivity index (χ1n) is 5.48. The second kappa shape index (κ2) is 6.32. The van der Waals surface area contributed by atoms with Crippen LogP contribution in [0.1, 0.15) is 5.56 Å². The molecule has 0 amide bonds. The van der Waals surface area contributed by atoms with E-state index < -0.39 is 4.92 Å². The van der Waals surface area contributed by atoms with E-state index in [1.54, 1.807) is 12.1 Å². The summed E-state index contributed by atoms with van der Waals surface area (Å²) in [4.78, 5) is 10.2. The van der Waals surface area contributed by atoms with Crippen molar-refractivity contribution < 1.29 is 14.1 Å². The predicted octanol–water partition coefficient (Wildman–Crippen LogP) is 4.84. The third-order valence-electron chi connectivity index (χ3n) is 2.54. The lowest BCUT2D eigenvalue weighted by atomic mass is 10.2. The van der Waals surface area contributed by atoms with Gasteiger partial charge in [-0.3, -0.25) is 10.1 Å². The molecular weight excluding hydrogens is 397 g/mol. The number of nitro groups is 1. The second-order valence-corrected chi connectivity index (χ2v) is 5.52. The fourth-order valence-corrected chi connectivity index (χ4v) is 2.27. The summed E-state index contributed by atoms with van der Waals surface area (Å²) in [5.41, 5.74) is 0.546. The van der Waals surface area contributed by atoms with E-state index in [0.717, 1.165) is 0 Å². The molecule has 2 rings (SSSR count). The van der Waals surface area contributed by atoms with E-state index in [9.17, 15) is 14.5 Å². The molecule has 2 aromatic rings. The minimum atomic E-state index is -0.503. The average Bonchev–Trinajstić information content (AvgIpc) is 2.41. The molecule has 0 spiro atoms. The SMILES string of the molecule is O=[N+]([O-])c1ccc(Br)c(OCc2cccc(F)c2Br)c1. The van der Waals surface area contributed by atoms with Gasteiger partial charge in [-0.15, -0.1) is 0 Å². The molecule has 0 atom stereocenters. The summed E-state index contributed by atoms with van der Waals surface area (Å²) in [6, 6.07) is 8.83. The zero-order valence-electron chi connectivity index (χ0n) is 9.98. The molecule has 20 heavy (non-hydrogen) atoms. The van der Waals surface area contributed by atoms with Crippen LogP contribution < -0.4 is 4.74 Å². The van der Waals surface area contributed by atoms with Gasteiger partial charge in [-0.1, -0.05) is 12.1 Å². The Morgan fingerprint density at radius 3 is 2.70 bits per heavy atom. The number of hydrogen-bond donors (Lipinski definition) is 0. The van der Waals surface area contributed by atoms with Crippen LogP contribution in [0, 0.1) is 15.9 Å². The Morgan fingerprint density at radius 1 is 1.25 bits per heavy atom. The van der Waals surface area contributed by atoms with E-state index in [-0.39, 0.29) is 18.1 Å². The Bertz CT molecular complexity index is 664. The smallest absolute Gasteiger partial charge is 0.273 e. The van der Waals surface area contributed by atoms with Crippen molar-refractivity contribution in [3.8, 4) is 5.75 Å². The Balaban J connectivity index is 2.20. The summed E-state index contributed by atoms with van der Waals surface area (Å²) in [5, 5.41) is 10.7. The van der Waals surface area contributed by atoms with Crippen molar-refractivity contribution in [3.05, 3.63) is 66.8 Å². The van der Waals surface area contributed by atoms with E-state index in [0.29, 0.717) is 20.3 Å². The first-order chi connectivity index (χ1) is 9.49. The summed E-state index contributed by atoms with van der Waals surface area (Å²) in [5.74, 6) is -0.0560. The van der Waals surface area contributed by atoms with E-state index in [1.807, 2.05) is 0 Å². The van der Waals surface area contributed by atoms with E-state index in [4.69, 9.17) is 4.74 Å². The van der Waals surface area contributed by atoms with E-state index in [2.05, 4.69) is 31.9 Å². The van der Waals surface area contributed by atoms with Gasteiger partial charge in [0, 0.05) is 11.6 Å². The maximum atomic E-state index is 13.4. The molecule has 4 nitrogen and oxygen atoms in total. The van der Waals surface area contributed by atoms with Crippen molar-refractivity contribution in [1.82, 2.24) is 0 Å². The van der Waals surface area contributed by atoms with Crippen molar-refractivity contribution in [2.45, 2.75) is 6.61 Å². The van der Waals surface area contributed by atoms with Crippen molar-refractivity contribution >= 4 is 37.5 Å². The molecule has 0 saturated heterocycles. The van der Waals surface area contributed by atoms with Crippen molar-refractivity contribution in [2.75, 3.05) is 0 Å². The van der Waals surface area contributed by atoms with Crippen LogP contribution in [0.5, 0.6) is 5.75 Å². The van der Waals surface area contributed by atoms with Gasteiger partial charge in [0.15, 0.2) is 0 Å². The van der Waals surface area contributed by atoms with Crippen LogP contribution in [0.15, 0.2) is 45.3 Å². The minimum Gasteiger partial charge on any atom is -0.487 e. The van der Waals surface area contributed by atoms with Crippen LogP contribution in [0.2, 0.25) is 0 Å². The van der Waals surface area contributed by atoms with Crippen LogP contribution in [-0.2, 0) is 6.61 Å². The van der Waals surface area contributed by atoms with Gasteiger partial charge in [-0.2, -0.15) is 0 Å². The fraction of sp³-hybridized carbons (Fsp3) is 0.0769. The number of non-ortho nitro benzene ring substituents is 1. The highest BCUT2D eigenvalue weighted by atomic mass is 79.9. The van der Waals surface area contributed by atoms with Crippen molar-refractivity contribution in [3.63, 3.8) is 0 Å². The number of benzene rings is 2. The van der Waals surface area contributed by atoms with Gasteiger partial charge >= 0.3 is 0 Å². The topological polar surface area (TPSA) is 52.4 Å². The van der Waals surface area contributed by atoms with E-state index >= 15 is 0 Å². The van der Waals surface area contributed by atoms with Gasteiger partial charge in [-0.05, 0) is 44.0 Å². The molecular formula is C13H8Br2FNO3. The van der Waals surface area contributed by atoms with Gasteiger partial charge in [0.2, 0.25) is 0 Å². The van der Waals surface area contributed by atoms with Crippen LogP contribution in [0.4, 0.5) is 10.1 Å². The van der Waals surface area contributed by atoms with Gasteiger partial charge in [0.25, 0.3) is 5.69 Å². The first-order valence-corrected chi connectivity index (χ1v) is 7.07. The van der Waals surface area contributed by atoms with Gasteiger partial charge < -0.3 is 4.74 Å². The number of ether oxygens (including phenoxy) is 1. The molecule has 0 aromatic heterocycles. The summed E-state index contributed by atoms with van der Waals surface area (Å²) in [6.07, 6.45) is 0. The van der Waals surface area contributed by atoms with E-state index in [1.165, 1.54) is 24.3 Å². The number of nitro benzene ring substituents is 1. The molecule has 7 heteroatoms. The summed E-state index contributed by atoms with van der Waals surface area (Å²) < 4.78 is 19.8. The van der Waals surface area contributed by atoms with Crippen LogP contribution >= 0.6 is 31.9 Å². The third-order valence-corrected chi connectivity index (χ3v) is 4.08. The Morgan fingerprint density at radius 2 is 2.00 bits per heavy atom. The maximum absolute atomic E-state index is 13.4. The number of rotatable bonds is 4. The standard InChI is InChI=1S/C13H8Br2FNO3/c14-10-5-4-9(17(18)19)6-12(10)20-7-8-2-1-3-11(16)13(8)15/h1-6H,7H2. The summed E-state index contributed by atoms with van der Waals surface area (Å²) >= 11 is 6.39. The quantitative estimate of drug-likeness (QED) is 0.541. The molecule has 0 N–H and O–H groups in total. The average molecular weight is 405 g/mol. The summed E-state index contributed by atoms with van der Waals surface area (Å²) in [6.45, 7) is 0.0953. The zero-order chi connectivity index (χ0) is 14.7. The van der Waals surface area contributed by atoms with Gasteiger partial charge in [0.05, 0.1) is 19.9 Å². The molecule has 0 saturated carbocycles. The molecule has 0 radical (unpaired) electrons. The molecule has 104 valence electrons. The normalized spacial score (nSPS) is 10.3. The molecule has 0 fully saturated rings. The lowest BCUT2D eigenvalue weighted by Gasteiger charge is -2.09. The van der Waals surface area contributed by atoms with Crippen LogP contribution in [0.25, 0.3) is 0 Å². The lowest BCUT2D eigenvalue weighted by molar-refractivity contribution is -0.385. The monoisotopic (exact) mass is 403 g/mol. The number of halogens is 3. The second-order valence-electron chi connectivity index (χ2n) is 3.87. The maximum Gasteiger partial charge on any atom is 0.273 e. The molecule has 0 heterocycles. The van der Waals surface area contributed by atoms with Crippen LogP contribution in [-0.4, -0.2) is 4.92 Å².